The van der Waals surface area contributed by atoms with Crippen LogP contribution in [0.5, 0.6) is 5.88 Å². The van der Waals surface area contributed by atoms with E-state index in [-0.39, 0.29) is 0 Å². The molecule has 2 saturated carbocycles. The van der Waals surface area contributed by atoms with Crippen LogP contribution in [-0.2, 0) is 13.0 Å². The Kier molecular flexibility index (Phi) is 4.02. The smallest absolute Gasteiger partial charge is 0.213 e. The summed E-state index contributed by atoms with van der Waals surface area (Å²) in [6.07, 6.45) is 7.48. The van der Waals surface area contributed by atoms with Gasteiger partial charge in [-0.15, -0.1) is 0 Å². The van der Waals surface area contributed by atoms with Crippen LogP contribution in [-0.4, -0.2) is 17.6 Å². The number of rotatable bonds is 8. The van der Waals surface area contributed by atoms with Crippen molar-refractivity contribution < 1.29 is 4.74 Å². The fourth-order valence-electron chi connectivity index (χ4n) is 2.22. The zero-order valence-electron chi connectivity index (χ0n) is 11.8. The second kappa shape index (κ2) is 5.91. The third-order valence-electron chi connectivity index (χ3n) is 3.76. The molecule has 0 saturated heterocycles. The van der Waals surface area contributed by atoms with E-state index in [2.05, 4.69) is 29.4 Å². The molecule has 0 unspecified atom stereocenters. The predicted octanol–water partition coefficient (Wildman–Crippen LogP) is 3.07. The van der Waals surface area contributed by atoms with Crippen LogP contribution in [0.4, 0.5) is 0 Å². The van der Waals surface area contributed by atoms with Crippen molar-refractivity contribution in [3.8, 4) is 5.88 Å². The topological polar surface area (TPSA) is 34.1 Å². The maximum atomic E-state index is 5.84. The van der Waals surface area contributed by atoms with Crippen LogP contribution in [0, 0.1) is 5.92 Å². The second-order valence-electron chi connectivity index (χ2n) is 5.96. The molecule has 3 heteroatoms. The Bertz CT molecular complexity index is 391. The Balaban J connectivity index is 1.64. The van der Waals surface area contributed by atoms with Crippen molar-refractivity contribution in [3.05, 3.63) is 23.4 Å². The number of nitrogens with zero attached hydrogens (tertiary/aromatic N) is 1. The molecule has 19 heavy (non-hydrogen) atoms. The summed E-state index contributed by atoms with van der Waals surface area (Å²) in [5.41, 5.74) is 2.49. The molecular weight excluding hydrogens is 236 g/mol. The predicted molar refractivity (Wildman–Crippen MR) is 76.3 cm³/mol. The molecule has 2 fully saturated rings. The van der Waals surface area contributed by atoms with E-state index in [4.69, 9.17) is 4.74 Å². The van der Waals surface area contributed by atoms with Gasteiger partial charge in [0.2, 0.25) is 5.88 Å². The van der Waals surface area contributed by atoms with Crippen LogP contribution in [0.2, 0.25) is 0 Å². The number of aromatic nitrogens is 1. The van der Waals surface area contributed by atoms with Gasteiger partial charge in [0, 0.05) is 24.3 Å². The molecule has 0 aromatic carbocycles. The average molecular weight is 260 g/mol. The first kappa shape index (κ1) is 12.9. The zero-order chi connectivity index (χ0) is 13.1. The number of nitrogens with one attached hydrogen (secondary N) is 1. The first-order chi connectivity index (χ1) is 9.33. The molecule has 2 aliphatic rings. The molecule has 3 rings (SSSR count). The number of hydrogen-bond donors (Lipinski definition) is 1. The summed E-state index contributed by atoms with van der Waals surface area (Å²) >= 11 is 0. The van der Waals surface area contributed by atoms with Gasteiger partial charge < -0.3 is 10.1 Å². The van der Waals surface area contributed by atoms with E-state index < -0.39 is 0 Å². The second-order valence-corrected chi connectivity index (χ2v) is 5.96. The van der Waals surface area contributed by atoms with Crippen molar-refractivity contribution in [2.45, 2.75) is 58.0 Å². The fourth-order valence-corrected chi connectivity index (χ4v) is 2.22. The summed E-state index contributed by atoms with van der Waals surface area (Å²) in [7, 11) is 0. The van der Waals surface area contributed by atoms with Crippen molar-refractivity contribution in [2.75, 3.05) is 6.61 Å². The van der Waals surface area contributed by atoms with Crippen LogP contribution < -0.4 is 10.1 Å². The Morgan fingerprint density at radius 1 is 1.26 bits per heavy atom. The molecule has 0 spiro atoms. The molecule has 1 aromatic rings. The lowest BCUT2D eigenvalue weighted by atomic mass is 10.1. The Labute approximate surface area is 115 Å². The van der Waals surface area contributed by atoms with E-state index in [1.165, 1.54) is 36.9 Å². The van der Waals surface area contributed by atoms with Gasteiger partial charge in [-0.05, 0) is 49.7 Å². The van der Waals surface area contributed by atoms with Gasteiger partial charge in [-0.1, -0.05) is 13.3 Å². The van der Waals surface area contributed by atoms with Crippen LogP contribution in [0.15, 0.2) is 12.1 Å². The van der Waals surface area contributed by atoms with E-state index >= 15 is 0 Å². The lowest BCUT2D eigenvalue weighted by Crippen LogP contribution is -2.16. The highest BCUT2D eigenvalue weighted by molar-refractivity contribution is 5.25. The van der Waals surface area contributed by atoms with Crippen LogP contribution >= 0.6 is 0 Å². The average Bonchev–Trinajstić information content (AvgIpc) is 3.28. The molecule has 2 aliphatic carbocycles. The molecule has 0 aliphatic heterocycles. The molecule has 1 aromatic heterocycles. The van der Waals surface area contributed by atoms with E-state index in [0.717, 1.165) is 43.8 Å². The van der Waals surface area contributed by atoms with Crippen LogP contribution in [0.25, 0.3) is 0 Å². The van der Waals surface area contributed by atoms with Crippen LogP contribution in [0.1, 0.15) is 50.3 Å². The van der Waals surface area contributed by atoms with Crippen LogP contribution in [0.3, 0.4) is 0 Å². The summed E-state index contributed by atoms with van der Waals surface area (Å²) in [6.45, 7) is 3.99. The lowest BCUT2D eigenvalue weighted by molar-refractivity contribution is 0.287. The van der Waals surface area contributed by atoms with E-state index in [0.29, 0.717) is 0 Å². The Morgan fingerprint density at radius 2 is 2.11 bits per heavy atom. The normalized spacial score (nSPS) is 18.6. The molecule has 0 amide bonds. The van der Waals surface area contributed by atoms with Crippen molar-refractivity contribution in [1.82, 2.24) is 10.3 Å². The standard InChI is InChI=1S/C16H24N2O/c1-2-3-15-8-13(10-17-14-6-7-14)9-16(18-15)19-11-12-4-5-12/h8-9,12,14,17H,2-7,10-11H2,1H3. The summed E-state index contributed by atoms with van der Waals surface area (Å²) in [5, 5.41) is 3.56. The minimum absolute atomic E-state index is 0.749. The first-order valence-corrected chi connectivity index (χ1v) is 7.69. The van der Waals surface area contributed by atoms with Gasteiger partial charge >= 0.3 is 0 Å². The summed E-state index contributed by atoms with van der Waals surface area (Å²) in [4.78, 5) is 4.62. The number of pyridine rings is 1. The molecule has 0 bridgehead atoms. The van der Waals surface area contributed by atoms with Crippen molar-refractivity contribution in [3.63, 3.8) is 0 Å². The highest BCUT2D eigenvalue weighted by Crippen LogP contribution is 2.29. The SMILES string of the molecule is CCCc1cc(CNC2CC2)cc(OCC2CC2)n1. The molecule has 0 atom stereocenters. The quantitative estimate of drug-likeness (QED) is 0.780. The summed E-state index contributed by atoms with van der Waals surface area (Å²) < 4.78 is 5.84. The first-order valence-electron chi connectivity index (χ1n) is 7.69. The third-order valence-corrected chi connectivity index (χ3v) is 3.76. The monoisotopic (exact) mass is 260 g/mol. The summed E-state index contributed by atoms with van der Waals surface area (Å²) in [6, 6.07) is 5.08. The van der Waals surface area contributed by atoms with E-state index in [9.17, 15) is 0 Å². The molecule has 1 heterocycles. The minimum Gasteiger partial charge on any atom is -0.477 e. The van der Waals surface area contributed by atoms with Gasteiger partial charge in [0.1, 0.15) is 0 Å². The maximum absolute atomic E-state index is 5.84. The highest BCUT2D eigenvalue weighted by Gasteiger charge is 2.22. The zero-order valence-corrected chi connectivity index (χ0v) is 11.8. The van der Waals surface area contributed by atoms with Gasteiger partial charge in [0.15, 0.2) is 0 Å². The minimum atomic E-state index is 0.749. The van der Waals surface area contributed by atoms with E-state index in [1.54, 1.807) is 0 Å². The van der Waals surface area contributed by atoms with Gasteiger partial charge in [0.25, 0.3) is 0 Å². The lowest BCUT2D eigenvalue weighted by Gasteiger charge is -2.10. The number of hydrogen-bond acceptors (Lipinski definition) is 3. The van der Waals surface area contributed by atoms with Gasteiger partial charge in [-0.3, -0.25) is 0 Å². The largest absolute Gasteiger partial charge is 0.477 e. The maximum Gasteiger partial charge on any atom is 0.213 e. The van der Waals surface area contributed by atoms with Gasteiger partial charge in [-0.25, -0.2) is 4.98 Å². The Morgan fingerprint density at radius 3 is 2.79 bits per heavy atom. The molecule has 3 nitrogen and oxygen atoms in total. The van der Waals surface area contributed by atoms with Crippen molar-refractivity contribution in [2.24, 2.45) is 5.92 Å². The highest BCUT2D eigenvalue weighted by atomic mass is 16.5. The van der Waals surface area contributed by atoms with Crippen molar-refractivity contribution in [1.29, 1.82) is 0 Å². The number of ether oxygens (including phenoxy) is 1. The fraction of sp³-hybridized carbons (Fsp3) is 0.688. The third kappa shape index (κ3) is 4.20. The van der Waals surface area contributed by atoms with Gasteiger partial charge in [0.05, 0.1) is 6.61 Å². The van der Waals surface area contributed by atoms with Crippen molar-refractivity contribution >= 4 is 0 Å². The molecule has 1 N–H and O–H groups in total. The Hall–Kier alpha value is -1.09. The molecule has 0 radical (unpaired) electrons. The molecular formula is C16H24N2O. The number of aryl methyl sites for hydroxylation is 1. The summed E-state index contributed by atoms with van der Waals surface area (Å²) in [5.74, 6) is 1.61. The van der Waals surface area contributed by atoms with E-state index in [1.807, 2.05) is 0 Å². The van der Waals surface area contributed by atoms with Gasteiger partial charge in [-0.2, -0.15) is 0 Å². The molecule has 104 valence electrons.